The Morgan fingerprint density at radius 2 is 2.17 bits per heavy atom. The van der Waals surface area contributed by atoms with Crippen LogP contribution in [0.3, 0.4) is 0 Å². The number of hydrogen-bond donors (Lipinski definition) is 3. The molecule has 1 aromatic heterocycles. The zero-order valence-corrected chi connectivity index (χ0v) is 9.46. The van der Waals surface area contributed by atoms with Crippen LogP contribution in [-0.4, -0.2) is 40.8 Å². The number of rotatable bonds is 6. The highest BCUT2D eigenvalue weighted by Gasteiger charge is 2.12. The van der Waals surface area contributed by atoms with Crippen LogP contribution in [0.1, 0.15) is 10.5 Å². The lowest BCUT2D eigenvalue weighted by Crippen LogP contribution is -2.30. The van der Waals surface area contributed by atoms with E-state index in [2.05, 4.69) is 10.1 Å². The molecule has 0 aromatic carbocycles. The van der Waals surface area contributed by atoms with E-state index in [4.69, 9.17) is 10.8 Å². The van der Waals surface area contributed by atoms with Crippen LogP contribution in [0.4, 0.5) is 4.79 Å². The molecule has 0 saturated heterocycles. The van der Waals surface area contributed by atoms with E-state index in [1.807, 2.05) is 0 Å². The Morgan fingerprint density at radius 3 is 2.78 bits per heavy atom. The summed E-state index contributed by atoms with van der Waals surface area (Å²) in [5.41, 5.74) is 4.96. The number of carbonyl (C=O) groups is 3. The molecule has 8 heteroatoms. The Labute approximate surface area is 102 Å². The molecule has 0 aliphatic rings. The van der Waals surface area contributed by atoms with Gasteiger partial charge in [0.05, 0.1) is 6.54 Å². The van der Waals surface area contributed by atoms with Crippen molar-refractivity contribution in [3.8, 4) is 0 Å². The number of carboxylic acid groups (broad SMARTS) is 1. The highest BCUT2D eigenvalue weighted by molar-refractivity contribution is 5.93. The van der Waals surface area contributed by atoms with Gasteiger partial charge in [0, 0.05) is 6.20 Å². The van der Waals surface area contributed by atoms with E-state index in [1.54, 1.807) is 6.07 Å². The summed E-state index contributed by atoms with van der Waals surface area (Å²) in [5.74, 6) is -1.49. The first-order valence-electron chi connectivity index (χ1n) is 5.08. The van der Waals surface area contributed by atoms with Crippen LogP contribution < -0.4 is 11.1 Å². The third-order valence-electron chi connectivity index (χ3n) is 2.00. The fraction of sp³-hybridized carbons (Fsp3) is 0.300. The number of aliphatic carboxylic acids is 1. The monoisotopic (exact) mass is 255 g/mol. The number of nitrogens with one attached hydrogen (secondary N) is 1. The molecule has 0 unspecified atom stereocenters. The van der Waals surface area contributed by atoms with Crippen molar-refractivity contribution in [1.29, 1.82) is 0 Å². The quantitative estimate of drug-likeness (QED) is 0.585. The lowest BCUT2D eigenvalue weighted by atomic mass is 10.4. The van der Waals surface area contributed by atoms with Gasteiger partial charge in [0.25, 0.3) is 5.91 Å². The molecule has 0 saturated carbocycles. The summed E-state index contributed by atoms with van der Waals surface area (Å²) in [5, 5.41) is 11.1. The van der Waals surface area contributed by atoms with Crippen LogP contribution in [0.5, 0.6) is 0 Å². The Kier molecular flexibility index (Phi) is 4.73. The molecule has 18 heavy (non-hydrogen) atoms. The van der Waals surface area contributed by atoms with Crippen molar-refractivity contribution in [2.45, 2.75) is 6.54 Å². The van der Waals surface area contributed by atoms with Crippen LogP contribution in [0.2, 0.25) is 0 Å². The Balaban J connectivity index is 2.48. The normalized spacial score (nSPS) is 9.78. The highest BCUT2D eigenvalue weighted by Crippen LogP contribution is 2.02. The lowest BCUT2D eigenvalue weighted by molar-refractivity contribution is -0.137. The molecule has 0 fully saturated rings. The van der Waals surface area contributed by atoms with Gasteiger partial charge in [-0.05, 0) is 12.1 Å². The van der Waals surface area contributed by atoms with Gasteiger partial charge in [-0.1, -0.05) is 0 Å². The average molecular weight is 255 g/mol. The SMILES string of the molecule is NC(=O)OCCNC(=O)c1cccn1CC(=O)O. The summed E-state index contributed by atoms with van der Waals surface area (Å²) in [6, 6.07) is 3.06. The van der Waals surface area contributed by atoms with Crippen molar-refractivity contribution in [2.75, 3.05) is 13.2 Å². The molecule has 8 nitrogen and oxygen atoms in total. The predicted molar refractivity (Wildman–Crippen MR) is 59.9 cm³/mol. The fourth-order valence-corrected chi connectivity index (χ4v) is 1.31. The number of hydrogen-bond acceptors (Lipinski definition) is 4. The van der Waals surface area contributed by atoms with Gasteiger partial charge < -0.3 is 25.5 Å². The maximum Gasteiger partial charge on any atom is 0.404 e. The Bertz CT molecular complexity index is 454. The molecule has 98 valence electrons. The molecule has 0 spiro atoms. The van der Waals surface area contributed by atoms with E-state index in [9.17, 15) is 14.4 Å². The zero-order chi connectivity index (χ0) is 13.5. The first-order chi connectivity index (χ1) is 8.50. The molecular formula is C10H13N3O5. The van der Waals surface area contributed by atoms with E-state index in [1.165, 1.54) is 16.8 Å². The summed E-state index contributed by atoms with van der Waals surface area (Å²) in [4.78, 5) is 32.5. The minimum atomic E-state index is -1.04. The third-order valence-corrected chi connectivity index (χ3v) is 2.00. The van der Waals surface area contributed by atoms with Gasteiger partial charge in [-0.2, -0.15) is 0 Å². The van der Waals surface area contributed by atoms with Gasteiger partial charge in [-0.3, -0.25) is 9.59 Å². The third kappa shape index (κ3) is 4.16. The lowest BCUT2D eigenvalue weighted by Gasteiger charge is -2.07. The molecule has 1 aromatic rings. The van der Waals surface area contributed by atoms with Crippen LogP contribution in [0.15, 0.2) is 18.3 Å². The smallest absolute Gasteiger partial charge is 0.404 e. The summed E-state index contributed by atoms with van der Waals surface area (Å²) < 4.78 is 5.73. The number of carbonyl (C=O) groups excluding carboxylic acids is 2. The van der Waals surface area contributed by atoms with E-state index in [0.29, 0.717) is 0 Å². The molecule has 4 N–H and O–H groups in total. The van der Waals surface area contributed by atoms with Crippen LogP contribution in [0.25, 0.3) is 0 Å². The number of carboxylic acids is 1. The Morgan fingerprint density at radius 1 is 1.44 bits per heavy atom. The predicted octanol–water partition coefficient (Wildman–Crippen LogP) is -0.602. The van der Waals surface area contributed by atoms with E-state index < -0.39 is 18.0 Å². The topological polar surface area (TPSA) is 124 Å². The van der Waals surface area contributed by atoms with Crippen molar-refractivity contribution in [3.63, 3.8) is 0 Å². The summed E-state index contributed by atoms with van der Waals surface area (Å²) >= 11 is 0. The van der Waals surface area contributed by atoms with Crippen LogP contribution >= 0.6 is 0 Å². The highest BCUT2D eigenvalue weighted by atomic mass is 16.5. The second-order valence-corrected chi connectivity index (χ2v) is 3.34. The second kappa shape index (κ2) is 6.28. The van der Waals surface area contributed by atoms with Gasteiger partial charge in [0.1, 0.15) is 18.8 Å². The van der Waals surface area contributed by atoms with Gasteiger partial charge in [0.2, 0.25) is 0 Å². The molecule has 0 atom stereocenters. The van der Waals surface area contributed by atoms with Crippen LogP contribution in [-0.2, 0) is 16.1 Å². The molecule has 0 radical (unpaired) electrons. The van der Waals surface area contributed by atoms with Crippen molar-refractivity contribution in [1.82, 2.24) is 9.88 Å². The minimum absolute atomic E-state index is 0.0410. The molecule has 2 amide bonds. The van der Waals surface area contributed by atoms with E-state index >= 15 is 0 Å². The molecule has 0 bridgehead atoms. The number of nitrogens with two attached hydrogens (primary N) is 1. The van der Waals surface area contributed by atoms with E-state index in [-0.39, 0.29) is 25.4 Å². The molecular weight excluding hydrogens is 242 g/mol. The number of nitrogens with zero attached hydrogens (tertiary/aromatic N) is 1. The Hall–Kier alpha value is -2.51. The number of ether oxygens (including phenoxy) is 1. The maximum absolute atomic E-state index is 11.7. The van der Waals surface area contributed by atoms with Gasteiger partial charge in [0.15, 0.2) is 0 Å². The van der Waals surface area contributed by atoms with Crippen molar-refractivity contribution in [2.24, 2.45) is 5.73 Å². The van der Waals surface area contributed by atoms with Gasteiger partial charge >= 0.3 is 12.1 Å². The molecule has 1 heterocycles. The molecule has 0 aliphatic heterocycles. The van der Waals surface area contributed by atoms with Crippen molar-refractivity contribution < 1.29 is 24.2 Å². The molecule has 0 aliphatic carbocycles. The number of primary amides is 1. The minimum Gasteiger partial charge on any atom is -0.480 e. The molecule has 1 rings (SSSR count). The second-order valence-electron chi connectivity index (χ2n) is 3.34. The first kappa shape index (κ1) is 13.6. The fourth-order valence-electron chi connectivity index (χ4n) is 1.31. The number of aromatic nitrogens is 1. The summed E-state index contributed by atoms with van der Waals surface area (Å²) in [6.45, 7) is -0.242. The zero-order valence-electron chi connectivity index (χ0n) is 9.46. The number of amides is 2. The average Bonchev–Trinajstić information content (AvgIpc) is 2.71. The largest absolute Gasteiger partial charge is 0.480 e. The summed E-state index contributed by atoms with van der Waals surface area (Å²) in [6.07, 6.45) is 0.571. The van der Waals surface area contributed by atoms with Crippen LogP contribution in [0, 0.1) is 0 Å². The summed E-state index contributed by atoms with van der Waals surface area (Å²) in [7, 11) is 0. The first-order valence-corrected chi connectivity index (χ1v) is 5.08. The van der Waals surface area contributed by atoms with E-state index in [0.717, 1.165) is 0 Å². The van der Waals surface area contributed by atoms with Gasteiger partial charge in [-0.15, -0.1) is 0 Å². The van der Waals surface area contributed by atoms with Crippen molar-refractivity contribution >= 4 is 18.0 Å². The van der Waals surface area contributed by atoms with Crippen molar-refractivity contribution in [3.05, 3.63) is 24.0 Å². The van der Waals surface area contributed by atoms with Gasteiger partial charge in [-0.25, -0.2) is 4.79 Å². The maximum atomic E-state index is 11.7. The standard InChI is InChI=1S/C10H13N3O5/c11-10(17)18-5-3-12-9(16)7-2-1-4-13(7)6-8(14)15/h1-2,4H,3,5-6H2,(H2,11,17)(H,12,16)(H,14,15).